The molecular weight excluding hydrogens is 294 g/mol. The number of rotatable bonds is 5. The molecule has 7 heteroatoms. The fraction of sp³-hybridized carbons (Fsp3) is 0.231. The van der Waals surface area contributed by atoms with Gasteiger partial charge in [-0.2, -0.15) is 5.26 Å². The molecule has 104 valence electrons. The van der Waals surface area contributed by atoms with Gasteiger partial charge in [0.1, 0.15) is 0 Å². The number of thiazole rings is 1. The third kappa shape index (κ3) is 3.42. The van der Waals surface area contributed by atoms with Crippen molar-refractivity contribution in [3.8, 4) is 6.07 Å². The lowest BCUT2D eigenvalue weighted by Gasteiger charge is -2.09. The summed E-state index contributed by atoms with van der Waals surface area (Å²) in [5.41, 5.74) is 0.946. The van der Waals surface area contributed by atoms with E-state index < -0.39 is 10.0 Å². The van der Waals surface area contributed by atoms with Crippen LogP contribution in [0.25, 0.3) is 0 Å². The summed E-state index contributed by atoms with van der Waals surface area (Å²) in [6.07, 6.45) is 2.24. The number of hydrogen-bond acceptors (Lipinski definition) is 5. The predicted molar refractivity (Wildman–Crippen MR) is 76.9 cm³/mol. The Balaban J connectivity index is 2.12. The van der Waals surface area contributed by atoms with Crippen LogP contribution in [0.4, 0.5) is 0 Å². The van der Waals surface area contributed by atoms with Crippen LogP contribution in [0.2, 0.25) is 0 Å². The Morgan fingerprint density at radius 2 is 2.25 bits per heavy atom. The Labute approximate surface area is 122 Å². The normalized spacial score (nSPS) is 11.2. The summed E-state index contributed by atoms with van der Waals surface area (Å²) in [6.45, 7) is 1.99. The van der Waals surface area contributed by atoms with E-state index in [2.05, 4.69) is 9.71 Å². The molecule has 0 fully saturated rings. The average molecular weight is 307 g/mol. The molecule has 0 amide bonds. The average Bonchev–Trinajstić information content (AvgIpc) is 2.92. The summed E-state index contributed by atoms with van der Waals surface area (Å²) in [5.74, 6) is 0. The summed E-state index contributed by atoms with van der Waals surface area (Å²) in [7, 11) is -3.60. The lowest BCUT2D eigenvalue weighted by molar-refractivity contribution is 0.581. The maximum atomic E-state index is 12.2. The molecule has 0 spiro atoms. The van der Waals surface area contributed by atoms with Gasteiger partial charge in [0, 0.05) is 24.5 Å². The summed E-state index contributed by atoms with van der Waals surface area (Å²) >= 11 is 1.49. The van der Waals surface area contributed by atoms with Crippen molar-refractivity contribution >= 4 is 21.4 Å². The monoisotopic (exact) mass is 307 g/mol. The molecular formula is C13H13N3O2S2. The molecule has 5 nitrogen and oxygen atoms in total. The maximum Gasteiger partial charge on any atom is 0.240 e. The number of aryl methyl sites for hydroxylation is 1. The molecule has 2 aromatic rings. The number of hydrogen-bond donors (Lipinski definition) is 1. The fourth-order valence-electron chi connectivity index (χ4n) is 1.71. The van der Waals surface area contributed by atoms with Gasteiger partial charge in [0.15, 0.2) is 0 Å². The summed E-state index contributed by atoms with van der Waals surface area (Å²) < 4.78 is 27.0. The fourth-order valence-corrected chi connectivity index (χ4v) is 3.63. The van der Waals surface area contributed by atoms with Crippen molar-refractivity contribution in [2.45, 2.75) is 18.2 Å². The standard InChI is InChI=1S/C13H13N3O2S2/c1-10-2-3-11(9-14)8-12(10)20(17,18)16-5-4-13-15-6-7-19-13/h2-3,6-8,16H,4-5H2,1H3. The zero-order valence-corrected chi connectivity index (χ0v) is 12.5. The number of nitrogens with zero attached hydrogens (tertiary/aromatic N) is 2. The summed E-state index contributed by atoms with van der Waals surface area (Å²) in [6, 6.07) is 6.57. The minimum atomic E-state index is -3.60. The van der Waals surface area contributed by atoms with Crippen molar-refractivity contribution in [2.75, 3.05) is 6.54 Å². The second kappa shape index (κ2) is 6.13. The molecule has 1 aromatic carbocycles. The van der Waals surface area contributed by atoms with Gasteiger partial charge in [-0.3, -0.25) is 0 Å². The first-order valence-corrected chi connectivity index (χ1v) is 8.28. The second-order valence-electron chi connectivity index (χ2n) is 4.17. The highest BCUT2D eigenvalue weighted by molar-refractivity contribution is 7.89. The smallest absolute Gasteiger partial charge is 0.240 e. The van der Waals surface area contributed by atoms with Crippen molar-refractivity contribution in [2.24, 2.45) is 0 Å². The molecule has 0 aliphatic carbocycles. The number of nitriles is 1. The molecule has 1 aromatic heterocycles. The van der Waals surface area contributed by atoms with Gasteiger partial charge in [0.25, 0.3) is 0 Å². The van der Waals surface area contributed by atoms with E-state index in [1.165, 1.54) is 17.4 Å². The number of nitrogens with one attached hydrogen (secondary N) is 1. The van der Waals surface area contributed by atoms with E-state index in [1.807, 2.05) is 11.4 Å². The van der Waals surface area contributed by atoms with Gasteiger partial charge < -0.3 is 0 Å². The Bertz CT molecular complexity index is 731. The van der Waals surface area contributed by atoms with Crippen molar-refractivity contribution in [3.05, 3.63) is 45.9 Å². The van der Waals surface area contributed by atoms with Gasteiger partial charge in [-0.15, -0.1) is 11.3 Å². The Morgan fingerprint density at radius 1 is 1.45 bits per heavy atom. The van der Waals surface area contributed by atoms with Gasteiger partial charge >= 0.3 is 0 Å². The molecule has 0 atom stereocenters. The van der Waals surface area contributed by atoms with Gasteiger partial charge in [-0.1, -0.05) is 6.07 Å². The molecule has 0 saturated carbocycles. The molecule has 1 N–H and O–H groups in total. The van der Waals surface area contributed by atoms with Gasteiger partial charge in [0.05, 0.1) is 21.5 Å². The Kier molecular flexibility index (Phi) is 4.49. The summed E-state index contributed by atoms with van der Waals surface area (Å²) in [4.78, 5) is 4.24. The first-order valence-electron chi connectivity index (χ1n) is 5.92. The molecule has 0 aliphatic rings. The summed E-state index contributed by atoms with van der Waals surface area (Å²) in [5, 5.41) is 11.6. The van der Waals surface area contributed by atoms with Crippen molar-refractivity contribution in [3.63, 3.8) is 0 Å². The van der Waals surface area contributed by atoms with Crippen LogP contribution in [0.1, 0.15) is 16.1 Å². The third-order valence-electron chi connectivity index (χ3n) is 2.72. The molecule has 20 heavy (non-hydrogen) atoms. The van der Waals surface area contributed by atoms with E-state index in [0.29, 0.717) is 17.5 Å². The predicted octanol–water partition coefficient (Wildman–Crippen LogP) is 1.84. The quantitative estimate of drug-likeness (QED) is 0.913. The SMILES string of the molecule is Cc1ccc(C#N)cc1S(=O)(=O)NCCc1nccs1. The zero-order chi connectivity index (χ0) is 14.6. The van der Waals surface area contributed by atoms with Crippen molar-refractivity contribution in [1.29, 1.82) is 5.26 Å². The minimum absolute atomic E-state index is 0.149. The lowest BCUT2D eigenvalue weighted by atomic mass is 10.2. The highest BCUT2D eigenvalue weighted by atomic mass is 32.2. The maximum absolute atomic E-state index is 12.2. The zero-order valence-electron chi connectivity index (χ0n) is 10.8. The van der Waals surface area contributed by atoms with Crippen LogP contribution in [-0.2, 0) is 16.4 Å². The van der Waals surface area contributed by atoms with Crippen LogP contribution in [-0.4, -0.2) is 19.9 Å². The van der Waals surface area contributed by atoms with E-state index in [1.54, 1.807) is 25.3 Å². The third-order valence-corrected chi connectivity index (χ3v) is 5.16. The Morgan fingerprint density at radius 3 is 2.90 bits per heavy atom. The molecule has 0 unspecified atom stereocenters. The topological polar surface area (TPSA) is 82.8 Å². The molecule has 0 bridgehead atoms. The van der Waals surface area contributed by atoms with Gasteiger partial charge in [-0.25, -0.2) is 18.1 Å². The first-order chi connectivity index (χ1) is 9.53. The molecule has 0 aliphatic heterocycles. The van der Waals surface area contributed by atoms with E-state index in [4.69, 9.17) is 5.26 Å². The van der Waals surface area contributed by atoms with E-state index in [0.717, 1.165) is 5.01 Å². The highest BCUT2D eigenvalue weighted by Crippen LogP contribution is 2.16. The van der Waals surface area contributed by atoms with Crippen molar-refractivity contribution < 1.29 is 8.42 Å². The van der Waals surface area contributed by atoms with Crippen LogP contribution in [0.3, 0.4) is 0 Å². The largest absolute Gasteiger partial charge is 0.250 e. The van der Waals surface area contributed by atoms with Crippen LogP contribution in [0, 0.1) is 18.3 Å². The van der Waals surface area contributed by atoms with E-state index in [-0.39, 0.29) is 11.4 Å². The van der Waals surface area contributed by atoms with Crippen LogP contribution in [0.15, 0.2) is 34.7 Å². The molecule has 0 radical (unpaired) electrons. The van der Waals surface area contributed by atoms with E-state index >= 15 is 0 Å². The number of aromatic nitrogens is 1. The van der Waals surface area contributed by atoms with Crippen LogP contribution < -0.4 is 4.72 Å². The molecule has 0 saturated heterocycles. The first kappa shape index (κ1) is 14.7. The number of sulfonamides is 1. The lowest BCUT2D eigenvalue weighted by Crippen LogP contribution is -2.26. The highest BCUT2D eigenvalue weighted by Gasteiger charge is 2.17. The minimum Gasteiger partial charge on any atom is -0.250 e. The van der Waals surface area contributed by atoms with Crippen molar-refractivity contribution in [1.82, 2.24) is 9.71 Å². The van der Waals surface area contributed by atoms with E-state index in [9.17, 15) is 8.42 Å². The molecule has 2 rings (SSSR count). The molecule has 1 heterocycles. The number of benzene rings is 1. The van der Waals surface area contributed by atoms with Crippen LogP contribution >= 0.6 is 11.3 Å². The van der Waals surface area contributed by atoms with Crippen LogP contribution in [0.5, 0.6) is 0 Å². The van der Waals surface area contributed by atoms with Gasteiger partial charge in [0.2, 0.25) is 10.0 Å². The van der Waals surface area contributed by atoms with Gasteiger partial charge in [-0.05, 0) is 24.6 Å². The Hall–Kier alpha value is -1.75. The second-order valence-corrected chi connectivity index (χ2v) is 6.88.